The van der Waals surface area contributed by atoms with Crippen LogP contribution >= 0.6 is 11.3 Å². The largest absolute Gasteiger partial charge is 0.454 e. The third-order valence-electron chi connectivity index (χ3n) is 4.37. The van der Waals surface area contributed by atoms with Crippen molar-refractivity contribution in [1.82, 2.24) is 9.88 Å². The Balaban J connectivity index is 1.49. The van der Waals surface area contributed by atoms with Gasteiger partial charge in [-0.25, -0.2) is 4.98 Å². The van der Waals surface area contributed by atoms with Crippen LogP contribution in [-0.2, 0) is 9.53 Å². The summed E-state index contributed by atoms with van der Waals surface area (Å²) in [5.41, 5.74) is 0.444. The van der Waals surface area contributed by atoms with E-state index >= 15 is 0 Å². The molecule has 4 rings (SSSR count). The summed E-state index contributed by atoms with van der Waals surface area (Å²) in [6, 6.07) is 5.03. The van der Waals surface area contributed by atoms with Crippen molar-refractivity contribution in [1.29, 1.82) is 0 Å². The van der Waals surface area contributed by atoms with Gasteiger partial charge in [0.25, 0.3) is 5.91 Å². The van der Waals surface area contributed by atoms with Crippen LogP contribution in [-0.4, -0.2) is 54.3 Å². The van der Waals surface area contributed by atoms with Gasteiger partial charge >= 0.3 is 0 Å². The summed E-state index contributed by atoms with van der Waals surface area (Å²) in [5.74, 6) is 0.596. The first-order valence-electron chi connectivity index (χ1n) is 8.69. The van der Waals surface area contributed by atoms with E-state index in [2.05, 4.69) is 10.3 Å². The highest BCUT2D eigenvalue weighted by atomic mass is 32.1. The van der Waals surface area contributed by atoms with Crippen molar-refractivity contribution in [2.75, 3.05) is 31.8 Å². The lowest BCUT2D eigenvalue weighted by molar-refractivity contribution is -0.117. The molecule has 2 aliphatic rings. The second-order valence-electron chi connectivity index (χ2n) is 6.27. The van der Waals surface area contributed by atoms with Crippen molar-refractivity contribution in [3.05, 3.63) is 35.3 Å². The fourth-order valence-electron chi connectivity index (χ4n) is 3.08. The van der Waals surface area contributed by atoms with Crippen molar-refractivity contribution in [3.8, 4) is 11.5 Å². The molecule has 1 saturated heterocycles. The molecule has 0 radical (unpaired) electrons. The fourth-order valence-corrected chi connectivity index (χ4v) is 3.63. The lowest BCUT2D eigenvalue weighted by Crippen LogP contribution is -2.42. The van der Waals surface area contributed by atoms with Crippen LogP contribution in [0.15, 0.2) is 29.8 Å². The molecule has 27 heavy (non-hydrogen) atoms. The second-order valence-corrected chi connectivity index (χ2v) is 7.17. The maximum Gasteiger partial charge on any atom is 0.254 e. The number of ether oxygens (including phenoxy) is 3. The Bertz CT molecular complexity index is 820. The van der Waals surface area contributed by atoms with Gasteiger partial charge in [-0.1, -0.05) is 0 Å². The minimum absolute atomic E-state index is 0.0596. The molecule has 2 amide bonds. The van der Waals surface area contributed by atoms with Gasteiger partial charge in [0.05, 0.1) is 6.10 Å². The van der Waals surface area contributed by atoms with Crippen LogP contribution in [0.5, 0.6) is 11.5 Å². The number of hydrogen-bond acceptors (Lipinski definition) is 7. The Labute approximate surface area is 160 Å². The number of rotatable bonds is 6. The number of amides is 2. The molecule has 1 aromatic heterocycles. The molecular weight excluding hydrogens is 370 g/mol. The van der Waals surface area contributed by atoms with Crippen molar-refractivity contribution in [2.45, 2.75) is 18.9 Å². The Morgan fingerprint density at radius 2 is 2.19 bits per heavy atom. The number of fused-ring (bicyclic) bond motifs is 1. The van der Waals surface area contributed by atoms with Gasteiger partial charge in [-0.15, -0.1) is 11.3 Å². The Kier molecular flexibility index (Phi) is 5.21. The van der Waals surface area contributed by atoms with Gasteiger partial charge in [0, 0.05) is 30.3 Å². The van der Waals surface area contributed by atoms with Crippen molar-refractivity contribution in [3.63, 3.8) is 0 Å². The molecule has 1 aromatic carbocycles. The molecule has 8 nitrogen and oxygen atoms in total. The number of nitrogens with zero attached hydrogens (tertiary/aromatic N) is 2. The third-order valence-corrected chi connectivity index (χ3v) is 5.06. The van der Waals surface area contributed by atoms with Gasteiger partial charge in [-0.05, 0) is 31.0 Å². The summed E-state index contributed by atoms with van der Waals surface area (Å²) < 4.78 is 16.3. The monoisotopic (exact) mass is 389 g/mol. The van der Waals surface area contributed by atoms with E-state index in [-0.39, 0.29) is 31.3 Å². The molecule has 0 saturated carbocycles. The highest BCUT2D eigenvalue weighted by molar-refractivity contribution is 7.13. The van der Waals surface area contributed by atoms with E-state index in [0.717, 1.165) is 12.8 Å². The van der Waals surface area contributed by atoms with Crippen molar-refractivity contribution in [2.24, 2.45) is 0 Å². The van der Waals surface area contributed by atoms with Gasteiger partial charge in [-0.3, -0.25) is 9.59 Å². The Morgan fingerprint density at radius 1 is 1.30 bits per heavy atom. The van der Waals surface area contributed by atoms with Gasteiger partial charge in [0.2, 0.25) is 12.7 Å². The molecule has 0 bridgehead atoms. The maximum absolute atomic E-state index is 13.1. The standard InChI is InChI=1S/C18H19N3O5S/c22-16(20-18-19-5-7-27-18)10-21(9-13-2-1-6-24-13)17(23)12-3-4-14-15(8-12)26-11-25-14/h3-5,7-8,13H,1-2,6,9-11H2,(H,19,20,22). The predicted octanol–water partition coefficient (Wildman–Crippen LogP) is 2.13. The van der Waals surface area contributed by atoms with Crippen molar-refractivity contribution < 1.29 is 23.8 Å². The minimum Gasteiger partial charge on any atom is -0.454 e. The number of anilines is 1. The number of carbonyl (C=O) groups is 2. The molecule has 0 spiro atoms. The van der Waals surface area contributed by atoms with E-state index < -0.39 is 0 Å². The lowest BCUT2D eigenvalue weighted by Gasteiger charge is -2.25. The quantitative estimate of drug-likeness (QED) is 0.814. The fraction of sp³-hybridized carbons (Fsp3) is 0.389. The second kappa shape index (κ2) is 7.93. The lowest BCUT2D eigenvalue weighted by atomic mass is 10.1. The first-order chi connectivity index (χ1) is 13.2. The van der Waals surface area contributed by atoms with E-state index in [1.165, 1.54) is 16.2 Å². The van der Waals surface area contributed by atoms with Crippen LogP contribution in [0.4, 0.5) is 5.13 Å². The molecule has 9 heteroatoms. The Hall–Kier alpha value is -2.65. The molecule has 1 fully saturated rings. The Morgan fingerprint density at radius 3 is 2.96 bits per heavy atom. The number of benzene rings is 1. The summed E-state index contributed by atoms with van der Waals surface area (Å²) in [6.45, 7) is 1.11. The van der Waals surface area contributed by atoms with Crippen molar-refractivity contribution >= 4 is 28.3 Å². The van der Waals surface area contributed by atoms with Crippen LogP contribution in [0.1, 0.15) is 23.2 Å². The van der Waals surface area contributed by atoms with E-state index in [0.29, 0.717) is 35.3 Å². The minimum atomic E-state index is -0.294. The number of nitrogens with one attached hydrogen (secondary N) is 1. The van der Waals surface area contributed by atoms with E-state index in [4.69, 9.17) is 14.2 Å². The molecule has 1 atom stereocenters. The summed E-state index contributed by atoms with van der Waals surface area (Å²) in [4.78, 5) is 31.0. The molecule has 2 aromatic rings. The van der Waals surface area contributed by atoms with Crippen LogP contribution in [0.25, 0.3) is 0 Å². The summed E-state index contributed by atoms with van der Waals surface area (Å²) in [5, 5.41) is 5.00. The predicted molar refractivity (Wildman–Crippen MR) is 98.2 cm³/mol. The molecule has 3 heterocycles. The SMILES string of the molecule is O=C(CN(CC1CCCO1)C(=O)c1ccc2c(c1)OCO2)Nc1nccs1. The van der Waals surface area contributed by atoms with E-state index in [9.17, 15) is 9.59 Å². The number of aromatic nitrogens is 1. The zero-order valence-corrected chi connectivity index (χ0v) is 15.4. The van der Waals surface area contributed by atoms with Crippen LogP contribution in [0, 0.1) is 0 Å². The average molecular weight is 389 g/mol. The molecule has 0 aliphatic carbocycles. The van der Waals surface area contributed by atoms with Crippen LogP contribution in [0.3, 0.4) is 0 Å². The van der Waals surface area contributed by atoms with Gasteiger partial charge in [0.15, 0.2) is 16.6 Å². The van der Waals surface area contributed by atoms with Crippen LogP contribution in [0.2, 0.25) is 0 Å². The van der Waals surface area contributed by atoms with E-state index in [1.54, 1.807) is 29.8 Å². The maximum atomic E-state index is 13.1. The molecule has 2 aliphatic heterocycles. The average Bonchev–Trinajstić information content (AvgIpc) is 3.42. The summed E-state index contributed by atoms with van der Waals surface area (Å²) in [7, 11) is 0. The van der Waals surface area contributed by atoms with Gasteiger partial charge < -0.3 is 24.4 Å². The zero-order chi connectivity index (χ0) is 18.6. The smallest absolute Gasteiger partial charge is 0.254 e. The highest BCUT2D eigenvalue weighted by Gasteiger charge is 2.26. The van der Waals surface area contributed by atoms with Gasteiger partial charge in [0.1, 0.15) is 6.54 Å². The first-order valence-corrected chi connectivity index (χ1v) is 9.57. The van der Waals surface area contributed by atoms with Gasteiger partial charge in [-0.2, -0.15) is 0 Å². The number of hydrogen-bond donors (Lipinski definition) is 1. The first kappa shape index (κ1) is 17.7. The van der Waals surface area contributed by atoms with Crippen LogP contribution < -0.4 is 14.8 Å². The molecule has 142 valence electrons. The zero-order valence-electron chi connectivity index (χ0n) is 14.6. The normalized spacial score (nSPS) is 17.7. The summed E-state index contributed by atoms with van der Waals surface area (Å²) >= 11 is 1.33. The third kappa shape index (κ3) is 4.20. The highest BCUT2D eigenvalue weighted by Crippen LogP contribution is 2.33. The molecule has 1 N–H and O–H groups in total. The molecule has 1 unspecified atom stereocenters. The topological polar surface area (TPSA) is 90.0 Å². The summed E-state index contributed by atoms with van der Waals surface area (Å²) in [6.07, 6.45) is 3.39. The molecular formula is C18H19N3O5S. The number of thiazole rings is 1. The number of carbonyl (C=O) groups excluding carboxylic acids is 2. The van der Waals surface area contributed by atoms with E-state index in [1.807, 2.05) is 0 Å².